The van der Waals surface area contributed by atoms with Gasteiger partial charge in [0.05, 0.1) is 9.26 Å². The second-order valence-corrected chi connectivity index (χ2v) is 7.02. The monoisotopic (exact) mass is 398 g/mol. The third-order valence-electron chi connectivity index (χ3n) is 3.64. The Labute approximate surface area is 138 Å². The molecule has 1 heterocycles. The van der Waals surface area contributed by atoms with E-state index in [-0.39, 0.29) is 0 Å². The van der Waals surface area contributed by atoms with Crippen molar-refractivity contribution in [2.45, 2.75) is 38.5 Å². The number of aromatic nitrogens is 2. The van der Waals surface area contributed by atoms with Gasteiger partial charge in [-0.3, -0.25) is 0 Å². The minimum absolute atomic E-state index is 0.535. The number of nitrogens with zero attached hydrogens (tertiary/aromatic N) is 2. The van der Waals surface area contributed by atoms with Crippen molar-refractivity contribution >= 4 is 34.2 Å². The Bertz CT molecular complexity index is 634. The molecule has 1 saturated carbocycles. The van der Waals surface area contributed by atoms with Crippen LogP contribution in [-0.2, 0) is 0 Å². The fourth-order valence-electron chi connectivity index (χ4n) is 2.21. The van der Waals surface area contributed by atoms with Crippen molar-refractivity contribution in [1.82, 2.24) is 9.97 Å². The fraction of sp³-hybridized carbons (Fsp3) is 0.375. The van der Waals surface area contributed by atoms with Gasteiger partial charge in [-0.2, -0.15) is 0 Å². The van der Waals surface area contributed by atoms with E-state index in [9.17, 15) is 0 Å². The maximum Gasteiger partial charge on any atom is 0.161 e. The SMILES string of the molecule is CC(C)c1ccc(-c2nc(Cl)c(I)c(C3CC3)n2)cc1. The first-order valence-electron chi connectivity index (χ1n) is 6.89. The summed E-state index contributed by atoms with van der Waals surface area (Å²) in [6, 6.07) is 8.47. The van der Waals surface area contributed by atoms with Crippen LogP contribution in [0.25, 0.3) is 11.4 Å². The van der Waals surface area contributed by atoms with Gasteiger partial charge in [0, 0.05) is 11.5 Å². The van der Waals surface area contributed by atoms with Gasteiger partial charge in [-0.15, -0.1) is 0 Å². The molecular weight excluding hydrogens is 383 g/mol. The lowest BCUT2D eigenvalue weighted by Crippen LogP contribution is -1.99. The van der Waals surface area contributed by atoms with Gasteiger partial charge >= 0.3 is 0 Å². The summed E-state index contributed by atoms with van der Waals surface area (Å²) in [5, 5.41) is 0.574. The van der Waals surface area contributed by atoms with Crippen LogP contribution in [0.1, 0.15) is 49.8 Å². The van der Waals surface area contributed by atoms with Gasteiger partial charge in [-0.05, 0) is 46.9 Å². The Morgan fingerprint density at radius 3 is 2.35 bits per heavy atom. The molecule has 1 aromatic heterocycles. The van der Waals surface area contributed by atoms with Crippen molar-refractivity contribution in [3.63, 3.8) is 0 Å². The summed E-state index contributed by atoms with van der Waals surface area (Å²) in [5.74, 6) is 1.86. The number of hydrogen-bond acceptors (Lipinski definition) is 2. The summed E-state index contributed by atoms with van der Waals surface area (Å²) in [4.78, 5) is 9.17. The molecule has 1 fully saturated rings. The molecule has 1 aliphatic rings. The second-order valence-electron chi connectivity index (χ2n) is 5.59. The summed E-state index contributed by atoms with van der Waals surface area (Å²) in [6.07, 6.45) is 2.43. The molecule has 3 rings (SSSR count). The van der Waals surface area contributed by atoms with Crippen LogP contribution in [0.4, 0.5) is 0 Å². The average molecular weight is 399 g/mol. The van der Waals surface area contributed by atoms with Crippen LogP contribution in [0.3, 0.4) is 0 Å². The molecule has 0 bridgehead atoms. The van der Waals surface area contributed by atoms with Crippen molar-refractivity contribution < 1.29 is 0 Å². The molecule has 0 atom stereocenters. The molecule has 0 N–H and O–H groups in total. The lowest BCUT2D eigenvalue weighted by Gasteiger charge is -2.09. The summed E-state index contributed by atoms with van der Waals surface area (Å²) in [7, 11) is 0. The summed E-state index contributed by atoms with van der Waals surface area (Å²) in [6.45, 7) is 4.39. The smallest absolute Gasteiger partial charge is 0.161 e. The van der Waals surface area contributed by atoms with E-state index in [0.29, 0.717) is 17.0 Å². The highest BCUT2D eigenvalue weighted by Gasteiger charge is 2.29. The molecule has 1 aliphatic carbocycles. The number of benzene rings is 1. The van der Waals surface area contributed by atoms with Crippen LogP contribution in [0.5, 0.6) is 0 Å². The highest BCUT2D eigenvalue weighted by Crippen LogP contribution is 2.42. The van der Waals surface area contributed by atoms with E-state index >= 15 is 0 Å². The molecule has 0 saturated heterocycles. The molecule has 0 amide bonds. The lowest BCUT2D eigenvalue weighted by molar-refractivity contribution is 0.866. The van der Waals surface area contributed by atoms with E-state index in [2.05, 4.69) is 65.7 Å². The van der Waals surface area contributed by atoms with Gasteiger partial charge in [-0.1, -0.05) is 49.7 Å². The largest absolute Gasteiger partial charge is 0.232 e. The highest BCUT2D eigenvalue weighted by molar-refractivity contribution is 14.1. The predicted molar refractivity (Wildman–Crippen MR) is 91.3 cm³/mol. The lowest BCUT2D eigenvalue weighted by atomic mass is 10.0. The third-order valence-corrected chi connectivity index (χ3v) is 5.29. The first-order chi connectivity index (χ1) is 9.56. The Hall–Kier alpha value is -0.680. The Balaban J connectivity index is 2.01. The zero-order valence-electron chi connectivity index (χ0n) is 11.5. The summed E-state index contributed by atoms with van der Waals surface area (Å²) >= 11 is 8.52. The van der Waals surface area contributed by atoms with Crippen LogP contribution in [0.2, 0.25) is 5.15 Å². The van der Waals surface area contributed by atoms with Crippen LogP contribution >= 0.6 is 34.2 Å². The van der Waals surface area contributed by atoms with Crippen molar-refractivity contribution in [2.75, 3.05) is 0 Å². The van der Waals surface area contributed by atoms with E-state index in [1.54, 1.807) is 0 Å². The van der Waals surface area contributed by atoms with Crippen molar-refractivity contribution in [3.8, 4) is 11.4 Å². The third kappa shape index (κ3) is 2.84. The molecule has 4 heteroatoms. The number of halogens is 2. The summed E-state index contributed by atoms with van der Waals surface area (Å²) < 4.78 is 1.01. The second kappa shape index (κ2) is 5.60. The van der Waals surface area contributed by atoms with Crippen molar-refractivity contribution in [2.24, 2.45) is 0 Å². The van der Waals surface area contributed by atoms with Gasteiger partial charge < -0.3 is 0 Å². The predicted octanol–water partition coefficient (Wildman–Crippen LogP) is 5.40. The molecule has 1 aromatic carbocycles. The molecular formula is C16H16ClIN2. The number of rotatable bonds is 3. The molecule has 20 heavy (non-hydrogen) atoms. The summed E-state index contributed by atoms with van der Waals surface area (Å²) in [5.41, 5.74) is 3.48. The highest BCUT2D eigenvalue weighted by atomic mass is 127. The molecule has 0 spiro atoms. The normalized spacial score (nSPS) is 14.8. The van der Waals surface area contributed by atoms with Crippen LogP contribution in [0, 0.1) is 3.57 Å². The van der Waals surface area contributed by atoms with Gasteiger partial charge in [0.2, 0.25) is 0 Å². The van der Waals surface area contributed by atoms with Crippen molar-refractivity contribution in [1.29, 1.82) is 0 Å². The minimum atomic E-state index is 0.535. The molecule has 2 nitrogen and oxygen atoms in total. The number of hydrogen-bond donors (Lipinski definition) is 0. The zero-order chi connectivity index (χ0) is 14.3. The Kier molecular flexibility index (Phi) is 4.00. The van der Waals surface area contributed by atoms with Crippen LogP contribution < -0.4 is 0 Å². The van der Waals surface area contributed by atoms with E-state index in [0.717, 1.165) is 20.7 Å². The quantitative estimate of drug-likeness (QED) is 0.511. The first kappa shape index (κ1) is 14.3. The topological polar surface area (TPSA) is 25.8 Å². The van der Waals surface area contributed by atoms with Crippen molar-refractivity contribution in [3.05, 3.63) is 44.2 Å². The van der Waals surface area contributed by atoms with Gasteiger partial charge in [-0.25, -0.2) is 9.97 Å². The van der Waals surface area contributed by atoms with Crippen LogP contribution in [-0.4, -0.2) is 9.97 Å². The van der Waals surface area contributed by atoms with E-state index in [1.165, 1.54) is 18.4 Å². The Morgan fingerprint density at radius 1 is 1.15 bits per heavy atom. The molecule has 0 aliphatic heterocycles. The maximum atomic E-state index is 6.26. The Morgan fingerprint density at radius 2 is 1.80 bits per heavy atom. The maximum absolute atomic E-state index is 6.26. The van der Waals surface area contributed by atoms with Gasteiger partial charge in [0.25, 0.3) is 0 Å². The molecule has 104 valence electrons. The van der Waals surface area contributed by atoms with E-state index < -0.39 is 0 Å². The van der Waals surface area contributed by atoms with Crippen LogP contribution in [0.15, 0.2) is 24.3 Å². The average Bonchev–Trinajstić information content (AvgIpc) is 3.26. The van der Waals surface area contributed by atoms with Gasteiger partial charge in [0.15, 0.2) is 5.82 Å². The molecule has 0 radical (unpaired) electrons. The molecule has 0 unspecified atom stereocenters. The van der Waals surface area contributed by atoms with E-state index in [4.69, 9.17) is 16.6 Å². The first-order valence-corrected chi connectivity index (χ1v) is 8.35. The molecule has 2 aromatic rings. The fourth-order valence-corrected chi connectivity index (χ4v) is 3.07. The van der Waals surface area contributed by atoms with Gasteiger partial charge in [0.1, 0.15) is 5.15 Å². The standard InChI is InChI=1S/C16H16ClIN2/c1-9(2)10-3-7-12(8-4-10)16-19-14(11-5-6-11)13(18)15(17)20-16/h3-4,7-9,11H,5-6H2,1-2H3. The minimum Gasteiger partial charge on any atom is -0.232 e. The zero-order valence-corrected chi connectivity index (χ0v) is 14.4. The van der Waals surface area contributed by atoms with E-state index in [1.807, 2.05) is 0 Å².